The fourth-order valence-electron chi connectivity index (χ4n) is 2.81. The molecule has 5 heteroatoms. The summed E-state index contributed by atoms with van der Waals surface area (Å²) in [4.78, 5) is 19.6. The largest absolute Gasteiger partial charge is 0.290 e. The zero-order valence-electron chi connectivity index (χ0n) is 10.3. The van der Waals surface area contributed by atoms with Crippen LogP contribution in [0.5, 0.6) is 0 Å². The smallest absolute Gasteiger partial charge is 0.260 e. The van der Waals surface area contributed by atoms with E-state index < -0.39 is 0 Å². The lowest BCUT2D eigenvalue weighted by Gasteiger charge is -2.06. The van der Waals surface area contributed by atoms with E-state index in [1.165, 1.54) is 11.1 Å². The molecule has 0 aliphatic heterocycles. The first kappa shape index (κ1) is 10.5. The van der Waals surface area contributed by atoms with Gasteiger partial charge in [0.1, 0.15) is 0 Å². The molecule has 0 fully saturated rings. The number of rotatable bonds is 1. The summed E-state index contributed by atoms with van der Waals surface area (Å²) in [6.07, 6.45) is 6.57. The molecular formula is C14H12N4O. The molecule has 0 saturated carbocycles. The summed E-state index contributed by atoms with van der Waals surface area (Å²) in [7, 11) is 0. The van der Waals surface area contributed by atoms with Crippen molar-refractivity contribution in [2.75, 3.05) is 0 Å². The van der Waals surface area contributed by atoms with Crippen molar-refractivity contribution in [2.45, 2.75) is 19.3 Å². The minimum absolute atomic E-state index is 0.0748. The number of aromatic amines is 1. The van der Waals surface area contributed by atoms with E-state index in [-0.39, 0.29) is 5.56 Å². The Labute approximate surface area is 108 Å². The highest BCUT2D eigenvalue weighted by Crippen LogP contribution is 2.27. The lowest BCUT2D eigenvalue weighted by atomic mass is 10.1. The number of hydrogen-bond donors (Lipinski definition) is 1. The molecule has 2 aromatic heterocycles. The Morgan fingerprint density at radius 3 is 3.05 bits per heavy atom. The van der Waals surface area contributed by atoms with Crippen molar-refractivity contribution in [3.8, 4) is 5.95 Å². The summed E-state index contributed by atoms with van der Waals surface area (Å²) >= 11 is 0. The molecule has 0 atom stereocenters. The van der Waals surface area contributed by atoms with Gasteiger partial charge in [-0.2, -0.15) is 5.10 Å². The van der Waals surface area contributed by atoms with Crippen molar-refractivity contribution in [3.63, 3.8) is 0 Å². The van der Waals surface area contributed by atoms with Crippen LogP contribution < -0.4 is 5.56 Å². The van der Waals surface area contributed by atoms with E-state index in [1.54, 1.807) is 23.1 Å². The van der Waals surface area contributed by atoms with Crippen molar-refractivity contribution in [1.29, 1.82) is 0 Å². The molecule has 0 saturated heterocycles. The molecule has 94 valence electrons. The molecule has 1 aliphatic rings. The van der Waals surface area contributed by atoms with Crippen LogP contribution >= 0.6 is 0 Å². The summed E-state index contributed by atoms with van der Waals surface area (Å²) < 4.78 is 1.56. The molecule has 0 radical (unpaired) electrons. The second-order valence-electron chi connectivity index (χ2n) is 4.79. The molecule has 2 heterocycles. The van der Waals surface area contributed by atoms with Crippen molar-refractivity contribution in [2.24, 2.45) is 0 Å². The average molecular weight is 252 g/mol. The van der Waals surface area contributed by atoms with Gasteiger partial charge in [-0.15, -0.1) is 0 Å². The molecule has 1 aliphatic carbocycles. The van der Waals surface area contributed by atoms with Crippen LogP contribution in [0.1, 0.15) is 17.5 Å². The molecule has 4 rings (SSSR count). The van der Waals surface area contributed by atoms with Crippen LogP contribution in [0.4, 0.5) is 0 Å². The van der Waals surface area contributed by atoms with Crippen molar-refractivity contribution < 1.29 is 0 Å². The first-order chi connectivity index (χ1) is 9.33. The third-order valence-electron chi connectivity index (χ3n) is 3.66. The normalized spacial score (nSPS) is 13.9. The van der Waals surface area contributed by atoms with Crippen LogP contribution in [0.15, 0.2) is 35.4 Å². The minimum atomic E-state index is -0.0748. The highest BCUT2D eigenvalue weighted by Gasteiger charge is 2.17. The van der Waals surface area contributed by atoms with E-state index in [9.17, 15) is 4.79 Å². The third-order valence-corrected chi connectivity index (χ3v) is 3.66. The summed E-state index contributed by atoms with van der Waals surface area (Å²) in [5.41, 5.74) is 3.12. The maximum atomic E-state index is 12.3. The number of nitrogens with one attached hydrogen (secondary N) is 1. The van der Waals surface area contributed by atoms with Crippen LogP contribution in [-0.2, 0) is 12.8 Å². The SMILES string of the molecule is O=c1[nH]c(-n2cccn2)nc2ccc3c(c12)CCC3. The Morgan fingerprint density at radius 2 is 2.21 bits per heavy atom. The summed E-state index contributed by atoms with van der Waals surface area (Å²) in [5.74, 6) is 0.459. The third kappa shape index (κ3) is 1.51. The second-order valence-corrected chi connectivity index (χ2v) is 4.79. The van der Waals surface area contributed by atoms with Gasteiger partial charge < -0.3 is 0 Å². The Bertz CT molecular complexity index is 817. The van der Waals surface area contributed by atoms with Crippen molar-refractivity contribution in [1.82, 2.24) is 19.7 Å². The fraction of sp³-hybridized carbons (Fsp3) is 0.214. The van der Waals surface area contributed by atoms with Gasteiger partial charge in [0, 0.05) is 12.4 Å². The molecule has 1 aromatic carbocycles. The zero-order chi connectivity index (χ0) is 12.8. The van der Waals surface area contributed by atoms with Crippen molar-refractivity contribution >= 4 is 10.9 Å². The second kappa shape index (κ2) is 3.78. The van der Waals surface area contributed by atoms with Gasteiger partial charge in [-0.3, -0.25) is 9.78 Å². The van der Waals surface area contributed by atoms with Crippen molar-refractivity contribution in [3.05, 3.63) is 52.1 Å². The average Bonchev–Trinajstić information content (AvgIpc) is 3.09. The lowest BCUT2D eigenvalue weighted by Crippen LogP contribution is -2.15. The number of nitrogens with zero attached hydrogens (tertiary/aromatic N) is 3. The molecular weight excluding hydrogens is 240 g/mol. The van der Waals surface area contributed by atoms with Gasteiger partial charge in [-0.25, -0.2) is 9.67 Å². The topological polar surface area (TPSA) is 63.6 Å². The Morgan fingerprint density at radius 1 is 1.26 bits per heavy atom. The van der Waals surface area contributed by atoms with Gasteiger partial charge >= 0.3 is 0 Å². The van der Waals surface area contributed by atoms with Gasteiger partial charge in [0.05, 0.1) is 10.9 Å². The number of fused-ring (bicyclic) bond motifs is 3. The van der Waals surface area contributed by atoms with E-state index in [4.69, 9.17) is 0 Å². The van der Waals surface area contributed by atoms with Gasteiger partial charge in [0.25, 0.3) is 5.56 Å². The zero-order valence-corrected chi connectivity index (χ0v) is 10.3. The fourth-order valence-corrected chi connectivity index (χ4v) is 2.81. The standard InChI is InChI=1S/C14H12N4O/c19-13-12-10-4-1-3-9(10)5-6-11(12)16-14(17-13)18-8-2-7-15-18/h2,5-8H,1,3-4H2,(H,16,17,19). The number of aryl methyl sites for hydroxylation is 2. The number of benzene rings is 1. The molecule has 5 nitrogen and oxygen atoms in total. The Balaban J connectivity index is 2.04. The van der Waals surface area contributed by atoms with Crippen LogP contribution in [0, 0.1) is 0 Å². The maximum absolute atomic E-state index is 12.3. The van der Waals surface area contributed by atoms with Gasteiger partial charge in [0.2, 0.25) is 5.95 Å². The van der Waals surface area contributed by atoms with E-state index in [0.717, 1.165) is 30.2 Å². The predicted molar refractivity (Wildman–Crippen MR) is 71.5 cm³/mol. The summed E-state index contributed by atoms with van der Waals surface area (Å²) in [5, 5.41) is 4.83. The van der Waals surface area contributed by atoms with Gasteiger partial charge in [-0.05, 0) is 42.5 Å². The monoisotopic (exact) mass is 252 g/mol. The van der Waals surface area contributed by atoms with Gasteiger partial charge in [-0.1, -0.05) is 6.07 Å². The number of H-pyrrole nitrogens is 1. The molecule has 0 spiro atoms. The van der Waals surface area contributed by atoms with E-state index in [2.05, 4.69) is 21.1 Å². The first-order valence-corrected chi connectivity index (χ1v) is 6.38. The highest BCUT2D eigenvalue weighted by atomic mass is 16.1. The maximum Gasteiger partial charge on any atom is 0.260 e. The molecule has 0 bridgehead atoms. The van der Waals surface area contributed by atoms with Gasteiger partial charge in [0.15, 0.2) is 0 Å². The molecule has 0 unspecified atom stereocenters. The quantitative estimate of drug-likeness (QED) is 0.715. The summed E-state index contributed by atoms with van der Waals surface area (Å²) in [6.45, 7) is 0. The first-order valence-electron chi connectivity index (χ1n) is 6.38. The minimum Gasteiger partial charge on any atom is -0.290 e. The van der Waals surface area contributed by atoms with Crippen LogP contribution in [0.3, 0.4) is 0 Å². The van der Waals surface area contributed by atoms with Crippen LogP contribution in [0.2, 0.25) is 0 Å². The number of aromatic nitrogens is 4. The Hall–Kier alpha value is -2.43. The van der Waals surface area contributed by atoms with E-state index in [0.29, 0.717) is 5.95 Å². The predicted octanol–water partition coefficient (Wildman–Crippen LogP) is 1.60. The molecule has 3 aromatic rings. The van der Waals surface area contributed by atoms with Crippen LogP contribution in [0.25, 0.3) is 16.9 Å². The molecule has 1 N–H and O–H groups in total. The lowest BCUT2D eigenvalue weighted by molar-refractivity contribution is 0.810. The highest BCUT2D eigenvalue weighted by molar-refractivity contribution is 5.83. The molecule has 19 heavy (non-hydrogen) atoms. The van der Waals surface area contributed by atoms with E-state index in [1.807, 2.05) is 6.07 Å². The number of hydrogen-bond acceptors (Lipinski definition) is 3. The van der Waals surface area contributed by atoms with Crippen LogP contribution in [-0.4, -0.2) is 19.7 Å². The van der Waals surface area contributed by atoms with E-state index >= 15 is 0 Å². The summed E-state index contributed by atoms with van der Waals surface area (Å²) in [6, 6.07) is 5.82. The molecule has 0 amide bonds. The Kier molecular flexibility index (Phi) is 2.09.